The molecule has 3 aliphatic heterocycles. The van der Waals surface area contributed by atoms with Crippen molar-refractivity contribution in [3.8, 4) is 0 Å². The fraction of sp³-hybridized carbons (Fsp3) is 0.935. The van der Waals surface area contributed by atoms with E-state index in [2.05, 4.69) is 30.8 Å². The smallest absolute Gasteiger partial charge is 0.319 e. The number of nitrogens with zero attached hydrogens (tertiary/aromatic N) is 3. The number of hydrogen-bond donors (Lipinski definition) is 1. The van der Waals surface area contributed by atoms with Gasteiger partial charge in [0.1, 0.15) is 18.1 Å². The number of ketones is 1. The topological polar surface area (TPSA) is 101 Å². The molecule has 10 atom stereocenters. The minimum atomic E-state index is -1.39. The van der Waals surface area contributed by atoms with Crippen molar-refractivity contribution in [3.63, 3.8) is 0 Å². The minimum absolute atomic E-state index is 0.0477. The highest BCUT2D eigenvalue weighted by Crippen LogP contribution is 2.38. The molecule has 238 valence electrons. The first-order valence-electron chi connectivity index (χ1n) is 15.3. The Morgan fingerprint density at radius 3 is 2.29 bits per heavy atom. The predicted octanol–water partition coefficient (Wildman–Crippen LogP) is 2.27. The molecule has 0 amide bonds. The molecule has 3 heterocycles. The van der Waals surface area contributed by atoms with Gasteiger partial charge in [-0.15, -0.1) is 0 Å². The van der Waals surface area contributed by atoms with Gasteiger partial charge in [0.25, 0.3) is 0 Å². The highest BCUT2D eigenvalue weighted by atomic mass is 16.7. The zero-order valence-corrected chi connectivity index (χ0v) is 27.4. The number of aliphatic hydroxyl groups excluding tert-OH is 1. The molecule has 3 saturated heterocycles. The number of ether oxygens (including phenoxy) is 4. The molecule has 41 heavy (non-hydrogen) atoms. The summed E-state index contributed by atoms with van der Waals surface area (Å²) in [5.74, 6) is -1.00. The minimum Gasteiger partial charge on any atom is -0.463 e. The fourth-order valence-corrected chi connectivity index (χ4v) is 7.34. The maximum absolute atomic E-state index is 14.1. The Hall–Kier alpha value is -1.14. The SMILES string of the molecule is CO[C@]1(C)C[C@@H](C)CN(C)[C@H]([C@@H]2CCN(C)C2)COC(=O)C(C)(C)C(=O)[C@H](C)[C@H]1O[C@@H]1O[C@H](C)C[C@H](N(C)C)[C@H]1O. The highest BCUT2D eigenvalue weighted by molar-refractivity contribution is 6.04. The highest BCUT2D eigenvalue weighted by Gasteiger charge is 2.51. The zero-order chi connectivity index (χ0) is 30.9. The summed E-state index contributed by atoms with van der Waals surface area (Å²) in [5.41, 5.74) is -2.29. The summed E-state index contributed by atoms with van der Waals surface area (Å²) < 4.78 is 24.9. The largest absolute Gasteiger partial charge is 0.463 e. The lowest BCUT2D eigenvalue weighted by molar-refractivity contribution is -0.295. The van der Waals surface area contributed by atoms with Crippen molar-refractivity contribution in [1.29, 1.82) is 0 Å². The Morgan fingerprint density at radius 1 is 1.07 bits per heavy atom. The van der Waals surface area contributed by atoms with Gasteiger partial charge in [-0.05, 0) is 93.5 Å². The molecule has 3 rings (SSSR count). The normalized spacial score (nSPS) is 42.4. The van der Waals surface area contributed by atoms with Crippen molar-refractivity contribution in [1.82, 2.24) is 14.7 Å². The Bertz CT molecular complexity index is 901. The molecule has 3 aliphatic rings. The van der Waals surface area contributed by atoms with Crippen molar-refractivity contribution in [2.45, 2.75) is 103 Å². The maximum Gasteiger partial charge on any atom is 0.319 e. The molecule has 0 spiro atoms. The Kier molecular flexibility index (Phi) is 11.4. The van der Waals surface area contributed by atoms with Gasteiger partial charge in [0, 0.05) is 38.2 Å². The van der Waals surface area contributed by atoms with Crippen molar-refractivity contribution in [3.05, 3.63) is 0 Å². The molecule has 1 N–H and O–H groups in total. The van der Waals surface area contributed by atoms with Crippen LogP contribution in [0.3, 0.4) is 0 Å². The lowest BCUT2D eigenvalue weighted by Crippen LogP contribution is -2.59. The molecule has 0 unspecified atom stereocenters. The number of methoxy groups -OCH3 is 1. The van der Waals surface area contributed by atoms with Gasteiger partial charge in [0.05, 0.1) is 17.8 Å². The first kappa shape index (κ1) is 34.4. The van der Waals surface area contributed by atoms with Crippen LogP contribution in [0.2, 0.25) is 0 Å². The van der Waals surface area contributed by atoms with E-state index in [-0.39, 0.29) is 36.5 Å². The van der Waals surface area contributed by atoms with Crippen LogP contribution in [-0.2, 0) is 28.5 Å². The van der Waals surface area contributed by atoms with E-state index in [1.54, 1.807) is 27.9 Å². The van der Waals surface area contributed by atoms with E-state index >= 15 is 0 Å². The van der Waals surface area contributed by atoms with Crippen LogP contribution in [0.25, 0.3) is 0 Å². The monoisotopic (exact) mass is 583 g/mol. The van der Waals surface area contributed by atoms with Crippen LogP contribution in [-0.4, -0.2) is 135 Å². The maximum atomic E-state index is 14.1. The number of esters is 1. The molecule has 0 radical (unpaired) electrons. The van der Waals surface area contributed by atoms with E-state index in [1.165, 1.54) is 0 Å². The summed E-state index contributed by atoms with van der Waals surface area (Å²) in [7, 11) is 9.71. The van der Waals surface area contributed by atoms with Gasteiger partial charge in [-0.1, -0.05) is 13.8 Å². The number of likely N-dealkylation sites (tertiary alicyclic amines) is 1. The van der Waals surface area contributed by atoms with Gasteiger partial charge in [-0.3, -0.25) is 14.5 Å². The Labute approximate surface area is 248 Å². The molecular formula is C31H57N3O7. The average Bonchev–Trinajstić information content (AvgIpc) is 3.32. The molecule has 10 nitrogen and oxygen atoms in total. The second kappa shape index (κ2) is 13.7. The number of aliphatic hydroxyl groups is 1. The lowest BCUT2D eigenvalue weighted by atomic mass is 9.74. The molecule has 0 aromatic heterocycles. The molecule has 0 bridgehead atoms. The summed E-state index contributed by atoms with van der Waals surface area (Å²) in [6, 6.07) is -0.115. The van der Waals surface area contributed by atoms with Crippen molar-refractivity contribution in [2.75, 3.05) is 61.5 Å². The van der Waals surface area contributed by atoms with Crippen molar-refractivity contribution < 1.29 is 33.6 Å². The van der Waals surface area contributed by atoms with Crippen LogP contribution in [0.4, 0.5) is 0 Å². The number of Topliss-reactive ketones (excluding diaryl/α,β-unsaturated/α-hetero) is 1. The number of carbonyl (C=O) groups is 2. The lowest BCUT2D eigenvalue weighted by Gasteiger charge is -2.47. The van der Waals surface area contributed by atoms with E-state index in [4.69, 9.17) is 18.9 Å². The molecule has 0 aromatic rings. The van der Waals surface area contributed by atoms with Crippen molar-refractivity contribution in [2.24, 2.45) is 23.2 Å². The standard InChI is InChI=1S/C31H57N3O7/c1-19-15-31(6,38-11)27(41-28-25(35)23(32(7)8)14-20(2)40-28)21(3)26(36)30(4,5)29(37)39-18-24(34(10)16-19)22-12-13-33(9)17-22/h19-25,27-28,35H,12-18H2,1-11H3/t19-,20-,21+,22-,23+,24+,25-,27-,28+,31-/m1/s1. The third kappa shape index (κ3) is 7.69. The van der Waals surface area contributed by atoms with Crippen LogP contribution in [0.1, 0.15) is 60.8 Å². The Morgan fingerprint density at radius 2 is 1.73 bits per heavy atom. The van der Waals surface area contributed by atoms with Crippen molar-refractivity contribution >= 4 is 11.8 Å². The van der Waals surface area contributed by atoms with Crippen LogP contribution in [0.15, 0.2) is 0 Å². The summed E-state index contributed by atoms with van der Waals surface area (Å²) in [4.78, 5) is 34.2. The number of likely N-dealkylation sites (N-methyl/N-ethyl adjacent to an activating group) is 2. The van der Waals surface area contributed by atoms with Crippen LogP contribution in [0, 0.1) is 23.2 Å². The van der Waals surface area contributed by atoms with Gasteiger partial charge < -0.3 is 33.9 Å². The number of carbonyl (C=O) groups excluding carboxylic acids is 2. The summed E-state index contributed by atoms with van der Waals surface area (Å²) in [6.07, 6.45) is -0.482. The molecule has 10 heteroatoms. The molecule has 0 aromatic carbocycles. The van der Waals surface area contributed by atoms with Crippen LogP contribution < -0.4 is 0 Å². The number of rotatable bonds is 5. The molecule has 0 saturated carbocycles. The predicted molar refractivity (Wildman–Crippen MR) is 157 cm³/mol. The van der Waals surface area contributed by atoms with E-state index in [0.717, 1.165) is 26.1 Å². The van der Waals surface area contributed by atoms with Gasteiger partial charge >= 0.3 is 5.97 Å². The molecular weight excluding hydrogens is 526 g/mol. The van der Waals surface area contributed by atoms with E-state index in [0.29, 0.717) is 18.8 Å². The Balaban J connectivity index is 1.99. The second-order valence-electron chi connectivity index (χ2n) is 14.1. The van der Waals surface area contributed by atoms with E-state index in [1.807, 2.05) is 32.8 Å². The number of hydrogen-bond acceptors (Lipinski definition) is 10. The van der Waals surface area contributed by atoms with E-state index < -0.39 is 41.4 Å². The number of cyclic esters (lactones) is 1. The third-order valence-electron chi connectivity index (χ3n) is 9.90. The van der Waals surface area contributed by atoms with Gasteiger partial charge in [0.15, 0.2) is 12.1 Å². The first-order valence-corrected chi connectivity index (χ1v) is 15.3. The summed E-state index contributed by atoms with van der Waals surface area (Å²) in [5, 5.41) is 11.3. The van der Waals surface area contributed by atoms with Crippen LogP contribution in [0.5, 0.6) is 0 Å². The first-order chi connectivity index (χ1) is 19.0. The van der Waals surface area contributed by atoms with E-state index in [9.17, 15) is 14.7 Å². The average molecular weight is 584 g/mol. The van der Waals surface area contributed by atoms with Crippen LogP contribution >= 0.6 is 0 Å². The third-order valence-corrected chi connectivity index (χ3v) is 9.90. The summed E-state index contributed by atoms with van der Waals surface area (Å²) in [6.45, 7) is 14.1. The molecule has 0 aliphatic carbocycles. The quantitative estimate of drug-likeness (QED) is 0.383. The van der Waals surface area contributed by atoms with Gasteiger partial charge in [-0.2, -0.15) is 0 Å². The summed E-state index contributed by atoms with van der Waals surface area (Å²) >= 11 is 0. The fourth-order valence-electron chi connectivity index (χ4n) is 7.34. The molecule has 3 fully saturated rings. The van der Waals surface area contributed by atoms with Gasteiger partial charge in [0.2, 0.25) is 0 Å². The second-order valence-corrected chi connectivity index (χ2v) is 14.1. The zero-order valence-electron chi connectivity index (χ0n) is 27.4. The van der Waals surface area contributed by atoms with Gasteiger partial charge in [-0.25, -0.2) is 0 Å².